The molecule has 0 atom stereocenters. The summed E-state index contributed by atoms with van der Waals surface area (Å²) in [7, 11) is 0. The zero-order valence-electron chi connectivity index (χ0n) is 14.5. The van der Waals surface area contributed by atoms with Crippen molar-refractivity contribution in [3.8, 4) is 16.9 Å². The molecule has 126 valence electrons. The number of amides is 1. The van der Waals surface area contributed by atoms with E-state index < -0.39 is 0 Å². The molecule has 0 saturated heterocycles. The Kier molecular flexibility index (Phi) is 5.14. The van der Waals surface area contributed by atoms with Gasteiger partial charge in [-0.15, -0.1) is 0 Å². The Hall–Kier alpha value is -3.07. The topological polar surface area (TPSA) is 38.3 Å². The van der Waals surface area contributed by atoms with Crippen molar-refractivity contribution in [2.24, 2.45) is 0 Å². The van der Waals surface area contributed by atoms with E-state index in [9.17, 15) is 4.79 Å². The van der Waals surface area contributed by atoms with Crippen molar-refractivity contribution in [1.82, 2.24) is 0 Å². The monoisotopic (exact) mass is 331 g/mol. The van der Waals surface area contributed by atoms with E-state index in [4.69, 9.17) is 4.74 Å². The highest BCUT2D eigenvalue weighted by atomic mass is 16.5. The standard InChI is InChI=1S/C22H21NO2/c1-16-7-9-18(10-8-16)19-11-13-20(14-12-19)25-15-22(24)23-21-6-4-3-5-17(21)2/h3-14H,15H2,1-2H3,(H,23,24). The molecule has 25 heavy (non-hydrogen) atoms. The molecule has 0 radical (unpaired) electrons. The lowest BCUT2D eigenvalue weighted by Gasteiger charge is -2.10. The molecule has 0 unspecified atom stereocenters. The fourth-order valence-corrected chi connectivity index (χ4v) is 2.54. The van der Waals surface area contributed by atoms with Crippen molar-refractivity contribution in [2.45, 2.75) is 13.8 Å². The van der Waals surface area contributed by atoms with Crippen LogP contribution in [-0.2, 0) is 4.79 Å². The molecule has 0 aliphatic heterocycles. The minimum Gasteiger partial charge on any atom is -0.484 e. The molecular formula is C22H21NO2. The molecule has 1 N–H and O–H groups in total. The number of benzene rings is 3. The minimum atomic E-state index is -0.170. The molecule has 0 aliphatic rings. The smallest absolute Gasteiger partial charge is 0.262 e. The van der Waals surface area contributed by atoms with E-state index in [1.54, 1.807) is 0 Å². The van der Waals surface area contributed by atoms with Crippen LogP contribution in [0, 0.1) is 13.8 Å². The van der Waals surface area contributed by atoms with Gasteiger partial charge in [-0.2, -0.15) is 0 Å². The Balaban J connectivity index is 1.57. The first-order valence-corrected chi connectivity index (χ1v) is 8.27. The van der Waals surface area contributed by atoms with Crippen LogP contribution in [0.5, 0.6) is 5.75 Å². The maximum absolute atomic E-state index is 12.0. The minimum absolute atomic E-state index is 0.0157. The van der Waals surface area contributed by atoms with E-state index >= 15 is 0 Å². The van der Waals surface area contributed by atoms with E-state index in [0.29, 0.717) is 5.75 Å². The average molecular weight is 331 g/mol. The average Bonchev–Trinajstić information content (AvgIpc) is 2.63. The van der Waals surface area contributed by atoms with Crippen molar-refractivity contribution in [2.75, 3.05) is 11.9 Å². The molecule has 3 aromatic carbocycles. The van der Waals surface area contributed by atoms with Crippen molar-refractivity contribution in [1.29, 1.82) is 0 Å². The Labute approximate surface area is 148 Å². The van der Waals surface area contributed by atoms with E-state index in [1.807, 2.05) is 55.5 Å². The van der Waals surface area contributed by atoms with Crippen LogP contribution in [0.4, 0.5) is 5.69 Å². The summed E-state index contributed by atoms with van der Waals surface area (Å²) in [5.74, 6) is 0.507. The second kappa shape index (κ2) is 7.67. The predicted octanol–water partition coefficient (Wildman–Crippen LogP) is 4.99. The fraction of sp³-hybridized carbons (Fsp3) is 0.136. The molecule has 0 aliphatic carbocycles. The van der Waals surface area contributed by atoms with E-state index in [0.717, 1.165) is 22.4 Å². The van der Waals surface area contributed by atoms with Crippen LogP contribution in [0.3, 0.4) is 0 Å². The lowest BCUT2D eigenvalue weighted by molar-refractivity contribution is -0.118. The number of carbonyl (C=O) groups excluding carboxylic acids is 1. The summed E-state index contributed by atoms with van der Waals surface area (Å²) >= 11 is 0. The second-order valence-electron chi connectivity index (χ2n) is 6.04. The zero-order valence-corrected chi connectivity index (χ0v) is 14.5. The summed E-state index contributed by atoms with van der Waals surface area (Å²) in [6, 6.07) is 23.8. The molecule has 0 fully saturated rings. The number of hydrogen-bond acceptors (Lipinski definition) is 2. The summed E-state index contributed by atoms with van der Waals surface area (Å²) in [6.45, 7) is 4.02. The summed E-state index contributed by atoms with van der Waals surface area (Å²) in [4.78, 5) is 12.0. The Morgan fingerprint density at radius 1 is 0.840 bits per heavy atom. The highest BCUT2D eigenvalue weighted by Gasteiger charge is 2.06. The Bertz CT molecular complexity index is 852. The van der Waals surface area contributed by atoms with E-state index in [2.05, 4.69) is 36.5 Å². The van der Waals surface area contributed by atoms with Crippen LogP contribution in [0.2, 0.25) is 0 Å². The molecule has 0 heterocycles. The van der Waals surface area contributed by atoms with Crippen LogP contribution < -0.4 is 10.1 Å². The van der Waals surface area contributed by atoms with Gasteiger partial charge in [0.2, 0.25) is 0 Å². The normalized spacial score (nSPS) is 10.3. The van der Waals surface area contributed by atoms with Crippen LogP contribution >= 0.6 is 0 Å². The first-order chi connectivity index (χ1) is 12.1. The van der Waals surface area contributed by atoms with Crippen molar-refractivity contribution >= 4 is 11.6 Å². The van der Waals surface area contributed by atoms with Crippen molar-refractivity contribution in [3.63, 3.8) is 0 Å². The highest BCUT2D eigenvalue weighted by Crippen LogP contribution is 2.22. The van der Waals surface area contributed by atoms with Gasteiger partial charge in [-0.05, 0) is 48.7 Å². The first kappa shape index (κ1) is 16.8. The van der Waals surface area contributed by atoms with Crippen LogP contribution in [0.15, 0.2) is 72.8 Å². The lowest BCUT2D eigenvalue weighted by atomic mass is 10.0. The molecule has 0 saturated carbocycles. The third-order valence-corrected chi connectivity index (χ3v) is 4.03. The number of nitrogens with one attached hydrogen (secondary N) is 1. The maximum Gasteiger partial charge on any atom is 0.262 e. The molecule has 0 bridgehead atoms. The number of carbonyl (C=O) groups is 1. The Morgan fingerprint density at radius 3 is 2.08 bits per heavy atom. The Morgan fingerprint density at radius 2 is 1.44 bits per heavy atom. The van der Waals surface area contributed by atoms with E-state index in [1.165, 1.54) is 5.56 Å². The fourth-order valence-electron chi connectivity index (χ4n) is 2.54. The van der Waals surface area contributed by atoms with Gasteiger partial charge in [0, 0.05) is 5.69 Å². The summed E-state index contributed by atoms with van der Waals surface area (Å²) in [6.07, 6.45) is 0. The number of aryl methyl sites for hydroxylation is 2. The number of para-hydroxylation sites is 1. The highest BCUT2D eigenvalue weighted by molar-refractivity contribution is 5.92. The molecule has 1 amide bonds. The SMILES string of the molecule is Cc1ccc(-c2ccc(OCC(=O)Nc3ccccc3C)cc2)cc1. The number of rotatable bonds is 5. The predicted molar refractivity (Wildman–Crippen MR) is 102 cm³/mol. The van der Waals surface area contributed by atoms with Gasteiger partial charge in [-0.1, -0.05) is 60.2 Å². The van der Waals surface area contributed by atoms with Crippen LogP contribution in [-0.4, -0.2) is 12.5 Å². The number of hydrogen-bond donors (Lipinski definition) is 1. The van der Waals surface area contributed by atoms with Crippen molar-refractivity contribution in [3.05, 3.63) is 83.9 Å². The van der Waals surface area contributed by atoms with Gasteiger partial charge < -0.3 is 10.1 Å². The third kappa shape index (κ3) is 4.48. The quantitative estimate of drug-likeness (QED) is 0.715. The zero-order chi connectivity index (χ0) is 17.6. The van der Waals surface area contributed by atoms with Gasteiger partial charge in [0.05, 0.1) is 0 Å². The van der Waals surface area contributed by atoms with Crippen LogP contribution in [0.1, 0.15) is 11.1 Å². The van der Waals surface area contributed by atoms with Gasteiger partial charge in [0.25, 0.3) is 5.91 Å². The van der Waals surface area contributed by atoms with Gasteiger partial charge in [-0.3, -0.25) is 4.79 Å². The molecule has 0 aromatic heterocycles. The van der Waals surface area contributed by atoms with Gasteiger partial charge >= 0.3 is 0 Å². The maximum atomic E-state index is 12.0. The first-order valence-electron chi connectivity index (χ1n) is 8.27. The lowest BCUT2D eigenvalue weighted by Crippen LogP contribution is -2.20. The largest absolute Gasteiger partial charge is 0.484 e. The molecule has 0 spiro atoms. The third-order valence-electron chi connectivity index (χ3n) is 4.03. The molecule has 3 aromatic rings. The van der Waals surface area contributed by atoms with E-state index in [-0.39, 0.29) is 12.5 Å². The molecule has 3 nitrogen and oxygen atoms in total. The second-order valence-corrected chi connectivity index (χ2v) is 6.04. The summed E-state index contributed by atoms with van der Waals surface area (Å²) in [5, 5.41) is 2.86. The van der Waals surface area contributed by atoms with Crippen molar-refractivity contribution < 1.29 is 9.53 Å². The van der Waals surface area contributed by atoms with Gasteiger partial charge in [-0.25, -0.2) is 0 Å². The molecular weight excluding hydrogens is 310 g/mol. The number of anilines is 1. The van der Waals surface area contributed by atoms with Crippen LogP contribution in [0.25, 0.3) is 11.1 Å². The number of ether oxygens (including phenoxy) is 1. The molecule has 3 rings (SSSR count). The molecule has 3 heteroatoms. The summed E-state index contributed by atoms with van der Waals surface area (Å²) < 4.78 is 5.58. The summed E-state index contributed by atoms with van der Waals surface area (Å²) in [5.41, 5.74) is 5.36. The van der Waals surface area contributed by atoms with Gasteiger partial charge in [0.1, 0.15) is 5.75 Å². The van der Waals surface area contributed by atoms with Gasteiger partial charge in [0.15, 0.2) is 6.61 Å².